The van der Waals surface area contributed by atoms with E-state index in [1.807, 2.05) is 56.3 Å². The molecule has 7 rings (SSSR count). The van der Waals surface area contributed by atoms with Crippen LogP contribution in [0, 0.1) is 17.8 Å². The van der Waals surface area contributed by atoms with E-state index in [1.165, 1.54) is 4.90 Å². The second-order valence-electron chi connectivity index (χ2n) is 10.3. The Balaban J connectivity index is 1.53. The molecule has 4 atom stereocenters. The van der Waals surface area contributed by atoms with E-state index in [9.17, 15) is 14.4 Å². The Kier molecular flexibility index (Phi) is 4.60. The second kappa shape index (κ2) is 7.60. The van der Waals surface area contributed by atoms with E-state index in [4.69, 9.17) is 16.6 Å². The number of nitrogens with one attached hydrogen (secondary N) is 1. The molecule has 0 unspecified atom stereocenters. The number of para-hydroxylation sites is 2. The van der Waals surface area contributed by atoms with E-state index in [0.717, 1.165) is 5.56 Å². The monoisotopic (exact) mass is 510 g/mol. The molecule has 1 N–H and O–H groups in total. The molecular formula is C29H23ClN4O3. The van der Waals surface area contributed by atoms with E-state index in [0.29, 0.717) is 33.1 Å². The Morgan fingerprint density at radius 3 is 2.38 bits per heavy atom. The Hall–Kier alpha value is -3.81. The van der Waals surface area contributed by atoms with Gasteiger partial charge in [0.15, 0.2) is 0 Å². The number of benzene rings is 3. The largest absolute Gasteiger partial charge is 0.296 e. The molecule has 4 aromatic rings. The number of amides is 2. The summed E-state index contributed by atoms with van der Waals surface area (Å²) in [6, 6.07) is 21.2. The molecule has 3 aliphatic heterocycles. The summed E-state index contributed by atoms with van der Waals surface area (Å²) in [5.74, 6) is -1.45. The summed E-state index contributed by atoms with van der Waals surface area (Å²) in [5.41, 5.74) is 1.19. The number of hydrogen-bond acceptors (Lipinski definition) is 5. The number of imide groups is 1. The lowest BCUT2D eigenvalue weighted by Crippen LogP contribution is -2.51. The van der Waals surface area contributed by atoms with Crippen LogP contribution in [0.1, 0.15) is 25.2 Å². The third-order valence-electron chi connectivity index (χ3n) is 8.10. The van der Waals surface area contributed by atoms with Gasteiger partial charge in [-0.15, -0.1) is 0 Å². The Bertz CT molecular complexity index is 1700. The number of carbonyl (C=O) groups excluding carboxylic acids is 2. The topological polar surface area (TPSA) is 84.3 Å². The maximum Gasteiger partial charge on any atom is 0.266 e. The number of carbonyl (C=O) groups is 2. The van der Waals surface area contributed by atoms with Gasteiger partial charge in [0.1, 0.15) is 11.4 Å². The van der Waals surface area contributed by atoms with Gasteiger partial charge in [0.05, 0.1) is 34.1 Å². The van der Waals surface area contributed by atoms with Gasteiger partial charge >= 0.3 is 0 Å². The minimum atomic E-state index is -1.13. The van der Waals surface area contributed by atoms with Crippen molar-refractivity contribution in [3.05, 3.63) is 99.6 Å². The highest BCUT2D eigenvalue weighted by Crippen LogP contribution is 2.56. The molecule has 184 valence electrons. The molecule has 1 aromatic heterocycles. The zero-order valence-electron chi connectivity index (χ0n) is 20.2. The molecule has 0 bridgehead atoms. The smallest absolute Gasteiger partial charge is 0.266 e. The Labute approximate surface area is 217 Å². The first-order valence-corrected chi connectivity index (χ1v) is 12.8. The van der Waals surface area contributed by atoms with Gasteiger partial charge in [0.2, 0.25) is 11.8 Å². The van der Waals surface area contributed by atoms with Crippen molar-refractivity contribution in [1.82, 2.24) is 14.9 Å². The van der Waals surface area contributed by atoms with Gasteiger partial charge in [-0.1, -0.05) is 55.8 Å². The summed E-state index contributed by atoms with van der Waals surface area (Å²) in [5, 5.41) is 4.73. The van der Waals surface area contributed by atoms with Crippen molar-refractivity contribution in [3.8, 4) is 5.69 Å². The first kappa shape index (κ1) is 22.4. The van der Waals surface area contributed by atoms with Crippen LogP contribution in [0.15, 0.2) is 77.6 Å². The van der Waals surface area contributed by atoms with Crippen molar-refractivity contribution in [2.75, 3.05) is 4.90 Å². The standard InChI is InChI=1S/C29H23ClN4O3/c1-15(2)24-22-23(27(37)33(26(22)36)17-13-11-16(30)12-14-17)29(32-24)19-8-4-6-10-21(19)34-25(35)18-7-3-5-9-20(18)31-28(29)34/h3-15,22-24,32H,1-2H3/t22-,23-,24+,29+/m1/s1. The van der Waals surface area contributed by atoms with Gasteiger partial charge in [0, 0.05) is 16.6 Å². The predicted molar refractivity (Wildman–Crippen MR) is 141 cm³/mol. The molecule has 37 heavy (non-hydrogen) atoms. The zero-order chi connectivity index (χ0) is 25.6. The quantitative estimate of drug-likeness (QED) is 0.412. The van der Waals surface area contributed by atoms with Crippen molar-refractivity contribution in [2.24, 2.45) is 17.8 Å². The fourth-order valence-corrected chi connectivity index (χ4v) is 6.70. The second-order valence-corrected chi connectivity index (χ2v) is 10.8. The summed E-state index contributed by atoms with van der Waals surface area (Å²) in [6.45, 7) is 4.08. The van der Waals surface area contributed by atoms with Gasteiger partial charge in [-0.05, 0) is 48.4 Å². The van der Waals surface area contributed by atoms with E-state index in [1.54, 1.807) is 34.9 Å². The first-order valence-electron chi connectivity index (χ1n) is 12.4. The lowest BCUT2D eigenvalue weighted by atomic mass is 9.75. The summed E-state index contributed by atoms with van der Waals surface area (Å²) >= 11 is 6.09. The van der Waals surface area contributed by atoms with Crippen LogP contribution in [0.2, 0.25) is 5.02 Å². The van der Waals surface area contributed by atoms with Crippen LogP contribution in [0.3, 0.4) is 0 Å². The molecule has 8 heteroatoms. The van der Waals surface area contributed by atoms with Crippen molar-refractivity contribution >= 4 is 40.0 Å². The highest BCUT2D eigenvalue weighted by atomic mass is 35.5. The maximum absolute atomic E-state index is 14.3. The van der Waals surface area contributed by atoms with E-state index >= 15 is 0 Å². The SMILES string of the molecule is CC(C)[C@@H]1N[C@@]2(c3ccccc3-n3c2nc2ccccc2c3=O)[C@H]2C(=O)N(c3ccc(Cl)cc3)C(=O)[C@@H]12. The molecule has 3 aromatic carbocycles. The molecule has 2 fully saturated rings. The number of anilines is 1. The van der Waals surface area contributed by atoms with Crippen LogP contribution in [-0.4, -0.2) is 27.4 Å². The molecule has 2 amide bonds. The average molecular weight is 511 g/mol. The minimum Gasteiger partial charge on any atom is -0.296 e. The summed E-state index contributed by atoms with van der Waals surface area (Å²) in [4.78, 5) is 48.4. The van der Waals surface area contributed by atoms with Crippen molar-refractivity contribution in [2.45, 2.75) is 25.4 Å². The van der Waals surface area contributed by atoms with Crippen LogP contribution >= 0.6 is 11.6 Å². The van der Waals surface area contributed by atoms with Crippen LogP contribution in [-0.2, 0) is 15.1 Å². The fourth-order valence-electron chi connectivity index (χ4n) is 6.57. The van der Waals surface area contributed by atoms with E-state index in [-0.39, 0.29) is 29.3 Å². The number of fused-ring (bicyclic) bond motifs is 8. The van der Waals surface area contributed by atoms with E-state index in [2.05, 4.69) is 5.32 Å². The number of rotatable bonds is 2. The number of hydrogen-bond donors (Lipinski definition) is 1. The van der Waals surface area contributed by atoms with Crippen molar-refractivity contribution in [1.29, 1.82) is 0 Å². The Morgan fingerprint density at radius 1 is 0.919 bits per heavy atom. The number of aromatic nitrogens is 2. The lowest BCUT2D eigenvalue weighted by molar-refractivity contribution is -0.123. The van der Waals surface area contributed by atoms with Gasteiger partial charge in [-0.3, -0.25) is 24.3 Å². The molecule has 1 spiro atoms. The van der Waals surface area contributed by atoms with E-state index < -0.39 is 17.4 Å². The normalized spacial score (nSPS) is 25.8. The molecule has 3 aliphatic rings. The van der Waals surface area contributed by atoms with Gasteiger partial charge < -0.3 is 0 Å². The van der Waals surface area contributed by atoms with Gasteiger partial charge in [-0.2, -0.15) is 0 Å². The predicted octanol–water partition coefficient (Wildman–Crippen LogP) is 4.03. The molecule has 0 aliphatic carbocycles. The highest BCUT2D eigenvalue weighted by molar-refractivity contribution is 6.31. The molecule has 0 saturated carbocycles. The fraction of sp³-hybridized carbons (Fsp3) is 0.241. The first-order chi connectivity index (χ1) is 17.8. The minimum absolute atomic E-state index is 0.0437. The van der Waals surface area contributed by atoms with Crippen LogP contribution in [0.5, 0.6) is 0 Å². The summed E-state index contributed by atoms with van der Waals surface area (Å²) in [6.07, 6.45) is 0. The van der Waals surface area contributed by atoms with Crippen molar-refractivity contribution in [3.63, 3.8) is 0 Å². The van der Waals surface area contributed by atoms with Crippen LogP contribution in [0.4, 0.5) is 5.69 Å². The molecular weight excluding hydrogens is 488 g/mol. The lowest BCUT2D eigenvalue weighted by Gasteiger charge is -2.32. The highest BCUT2D eigenvalue weighted by Gasteiger charge is 2.70. The maximum atomic E-state index is 14.3. The number of nitrogens with zero attached hydrogens (tertiary/aromatic N) is 3. The van der Waals surface area contributed by atoms with Crippen LogP contribution in [0.25, 0.3) is 16.6 Å². The van der Waals surface area contributed by atoms with Gasteiger partial charge in [0.25, 0.3) is 5.56 Å². The van der Waals surface area contributed by atoms with Gasteiger partial charge in [-0.25, -0.2) is 9.88 Å². The zero-order valence-corrected chi connectivity index (χ0v) is 20.9. The Morgan fingerprint density at radius 2 is 1.62 bits per heavy atom. The van der Waals surface area contributed by atoms with Crippen LogP contribution < -0.4 is 15.8 Å². The summed E-state index contributed by atoms with van der Waals surface area (Å²) < 4.78 is 1.62. The third kappa shape index (κ3) is 2.76. The molecule has 0 radical (unpaired) electrons. The summed E-state index contributed by atoms with van der Waals surface area (Å²) in [7, 11) is 0. The average Bonchev–Trinajstić information content (AvgIpc) is 3.49. The number of halogens is 1. The van der Waals surface area contributed by atoms with Crippen molar-refractivity contribution < 1.29 is 9.59 Å². The molecule has 4 heterocycles. The molecule has 2 saturated heterocycles. The molecule has 7 nitrogen and oxygen atoms in total. The third-order valence-corrected chi connectivity index (χ3v) is 8.35.